The van der Waals surface area contributed by atoms with Crippen LogP contribution in [0.15, 0.2) is 34.3 Å². The standard InChI is InChI=1S/C15H8Cl4N2/c16-10-11(17)15(19)7-5-6(7)14(10,18)12-13(15)21-9-4-2-1-3-8(9)20-12/h1-4,6-7H,5H2/t6-,7+,14-,15+. The van der Waals surface area contributed by atoms with Crippen LogP contribution < -0.4 is 0 Å². The third-order valence-corrected chi connectivity index (χ3v) is 7.46. The second-order valence-corrected chi connectivity index (χ2v) is 7.86. The highest BCUT2D eigenvalue weighted by atomic mass is 35.5. The topological polar surface area (TPSA) is 25.8 Å². The Bertz CT molecular complexity index is 795. The molecule has 2 aromatic rings. The van der Waals surface area contributed by atoms with Crippen LogP contribution >= 0.6 is 46.4 Å². The Morgan fingerprint density at radius 2 is 1.29 bits per heavy atom. The van der Waals surface area contributed by atoms with E-state index in [2.05, 4.69) is 0 Å². The molecular formula is C15H8Cl4N2. The number of halogens is 4. The van der Waals surface area contributed by atoms with E-state index in [0.717, 1.165) is 17.5 Å². The minimum atomic E-state index is -0.869. The Balaban J connectivity index is 1.95. The fraction of sp³-hybridized carbons (Fsp3) is 0.333. The highest BCUT2D eigenvalue weighted by molar-refractivity contribution is 6.50. The van der Waals surface area contributed by atoms with Crippen LogP contribution in [0.4, 0.5) is 0 Å². The van der Waals surface area contributed by atoms with Gasteiger partial charge >= 0.3 is 0 Å². The van der Waals surface area contributed by atoms with Crippen LogP contribution in [-0.4, -0.2) is 9.97 Å². The van der Waals surface area contributed by atoms with Gasteiger partial charge in [0.2, 0.25) is 0 Å². The third-order valence-electron chi connectivity index (χ3n) is 4.90. The smallest absolute Gasteiger partial charge is 0.128 e. The molecule has 2 bridgehead atoms. The fourth-order valence-electron chi connectivity index (χ4n) is 3.79. The van der Waals surface area contributed by atoms with E-state index in [0.29, 0.717) is 21.5 Å². The predicted octanol–water partition coefficient (Wildman–Crippen LogP) is 4.85. The van der Waals surface area contributed by atoms with Crippen molar-refractivity contribution in [2.24, 2.45) is 11.8 Å². The van der Waals surface area contributed by atoms with Gasteiger partial charge in [-0.2, -0.15) is 0 Å². The molecule has 0 radical (unpaired) electrons. The molecule has 106 valence electrons. The van der Waals surface area contributed by atoms with E-state index in [1.165, 1.54) is 0 Å². The Hall–Kier alpha value is -0.540. The molecule has 21 heavy (non-hydrogen) atoms. The molecule has 1 saturated carbocycles. The zero-order valence-corrected chi connectivity index (χ0v) is 13.6. The molecule has 0 aliphatic heterocycles. The van der Waals surface area contributed by atoms with Crippen molar-refractivity contribution in [3.8, 4) is 0 Å². The highest BCUT2D eigenvalue weighted by Gasteiger charge is 2.74. The molecule has 1 aromatic heterocycles. The highest BCUT2D eigenvalue weighted by Crippen LogP contribution is 2.77. The molecule has 6 heteroatoms. The van der Waals surface area contributed by atoms with Gasteiger partial charge in [-0.1, -0.05) is 35.3 Å². The van der Waals surface area contributed by atoms with Crippen molar-refractivity contribution >= 4 is 57.4 Å². The molecule has 0 saturated heterocycles. The van der Waals surface area contributed by atoms with Crippen molar-refractivity contribution in [2.75, 3.05) is 0 Å². The van der Waals surface area contributed by atoms with Gasteiger partial charge in [-0.15, -0.1) is 23.2 Å². The van der Waals surface area contributed by atoms with Crippen LogP contribution in [0.25, 0.3) is 11.0 Å². The Kier molecular flexibility index (Phi) is 2.27. The summed E-state index contributed by atoms with van der Waals surface area (Å²) in [5.41, 5.74) is 2.93. The summed E-state index contributed by atoms with van der Waals surface area (Å²) >= 11 is 26.7. The first-order valence-electron chi connectivity index (χ1n) is 6.70. The lowest BCUT2D eigenvalue weighted by Gasteiger charge is -2.45. The summed E-state index contributed by atoms with van der Waals surface area (Å²) < 4.78 is 0. The van der Waals surface area contributed by atoms with Crippen molar-refractivity contribution in [3.63, 3.8) is 0 Å². The first-order chi connectivity index (χ1) is 9.99. The number of para-hydroxylation sites is 2. The van der Waals surface area contributed by atoms with E-state index in [-0.39, 0.29) is 11.8 Å². The first-order valence-corrected chi connectivity index (χ1v) is 8.22. The van der Waals surface area contributed by atoms with Crippen LogP contribution in [0.3, 0.4) is 0 Å². The van der Waals surface area contributed by atoms with Gasteiger partial charge in [-0.25, -0.2) is 9.97 Å². The third kappa shape index (κ3) is 1.27. The lowest BCUT2D eigenvalue weighted by atomic mass is 9.74. The molecule has 6 rings (SSSR count). The molecule has 1 fully saturated rings. The molecule has 1 aromatic carbocycles. The van der Waals surface area contributed by atoms with E-state index in [4.69, 9.17) is 56.4 Å². The maximum atomic E-state index is 6.89. The number of hydrogen-bond acceptors (Lipinski definition) is 2. The van der Waals surface area contributed by atoms with Gasteiger partial charge in [-0.05, 0) is 30.4 Å². The minimum absolute atomic E-state index is 0.189. The van der Waals surface area contributed by atoms with Gasteiger partial charge in [0, 0.05) is 0 Å². The monoisotopic (exact) mass is 356 g/mol. The van der Waals surface area contributed by atoms with Gasteiger partial charge in [0.15, 0.2) is 0 Å². The second kappa shape index (κ2) is 3.68. The number of nitrogens with zero attached hydrogens (tertiary/aromatic N) is 2. The number of aromatic nitrogens is 2. The molecule has 0 unspecified atom stereocenters. The molecule has 2 nitrogen and oxygen atoms in total. The molecule has 4 aliphatic carbocycles. The summed E-state index contributed by atoms with van der Waals surface area (Å²) in [5.74, 6) is 0.379. The number of benzene rings is 1. The first kappa shape index (κ1) is 13.0. The zero-order valence-electron chi connectivity index (χ0n) is 10.6. The van der Waals surface area contributed by atoms with E-state index in [1.54, 1.807) is 0 Å². The Morgan fingerprint density at radius 1 is 0.857 bits per heavy atom. The molecule has 0 spiro atoms. The van der Waals surface area contributed by atoms with Crippen LogP contribution in [0, 0.1) is 11.8 Å². The van der Waals surface area contributed by atoms with Gasteiger partial charge in [0.1, 0.15) is 9.75 Å². The second-order valence-electron chi connectivity index (χ2n) is 5.91. The van der Waals surface area contributed by atoms with Crippen molar-refractivity contribution < 1.29 is 0 Å². The Labute approximate surface area is 141 Å². The Morgan fingerprint density at radius 3 is 1.71 bits per heavy atom. The molecule has 4 atom stereocenters. The van der Waals surface area contributed by atoms with Gasteiger partial charge in [-0.3, -0.25) is 0 Å². The lowest BCUT2D eigenvalue weighted by Crippen LogP contribution is -2.45. The quantitative estimate of drug-likeness (QED) is 0.630. The number of fused-ring (bicyclic) bond motifs is 1. The van der Waals surface area contributed by atoms with Crippen LogP contribution in [0.5, 0.6) is 0 Å². The average Bonchev–Trinajstić information content (AvgIpc) is 3.30. The molecular weight excluding hydrogens is 350 g/mol. The summed E-state index contributed by atoms with van der Waals surface area (Å²) in [5, 5.41) is 0.827. The summed E-state index contributed by atoms with van der Waals surface area (Å²) in [7, 11) is 0. The van der Waals surface area contributed by atoms with Crippen molar-refractivity contribution in [1.29, 1.82) is 0 Å². The summed E-state index contributed by atoms with van der Waals surface area (Å²) in [6.45, 7) is 0. The van der Waals surface area contributed by atoms with Gasteiger partial charge in [0.25, 0.3) is 0 Å². The molecule has 4 aliphatic rings. The minimum Gasteiger partial charge on any atom is -0.247 e. The number of allylic oxidation sites excluding steroid dienone is 2. The van der Waals surface area contributed by atoms with Crippen LogP contribution in [0.2, 0.25) is 0 Å². The van der Waals surface area contributed by atoms with Crippen LogP contribution in [-0.2, 0) is 9.75 Å². The summed E-state index contributed by atoms with van der Waals surface area (Å²) in [6.07, 6.45) is 0.897. The summed E-state index contributed by atoms with van der Waals surface area (Å²) in [6, 6.07) is 7.67. The van der Waals surface area contributed by atoms with Gasteiger partial charge < -0.3 is 0 Å². The van der Waals surface area contributed by atoms with E-state index in [1.807, 2.05) is 24.3 Å². The van der Waals surface area contributed by atoms with Crippen molar-refractivity contribution in [3.05, 3.63) is 45.7 Å². The molecule has 0 N–H and O–H groups in total. The SMILES string of the molecule is ClC1=C(Cl)[C@]2(Cl)c3nc4ccccc4nc3[C@@]1(Cl)[C@@H]1C[C@@H]12. The number of rotatable bonds is 0. The maximum Gasteiger partial charge on any atom is 0.128 e. The van der Waals surface area contributed by atoms with Crippen molar-refractivity contribution in [1.82, 2.24) is 9.97 Å². The van der Waals surface area contributed by atoms with Gasteiger partial charge in [0.05, 0.1) is 32.5 Å². The molecule has 0 amide bonds. The number of hydrogen-bond donors (Lipinski definition) is 0. The fourth-order valence-corrected chi connectivity index (χ4v) is 5.57. The average molecular weight is 358 g/mol. The van der Waals surface area contributed by atoms with Crippen molar-refractivity contribution in [2.45, 2.75) is 16.2 Å². The predicted molar refractivity (Wildman–Crippen MR) is 84.9 cm³/mol. The van der Waals surface area contributed by atoms with Crippen LogP contribution in [0.1, 0.15) is 17.8 Å². The van der Waals surface area contributed by atoms with E-state index >= 15 is 0 Å². The largest absolute Gasteiger partial charge is 0.247 e. The molecule has 1 heterocycles. The zero-order chi connectivity index (χ0) is 14.6. The lowest BCUT2D eigenvalue weighted by molar-refractivity contribution is 0.417. The summed E-state index contributed by atoms with van der Waals surface area (Å²) in [4.78, 5) is 7.70. The normalized spacial score (nSPS) is 39.4. The number of alkyl halides is 2. The van der Waals surface area contributed by atoms with E-state index in [9.17, 15) is 0 Å². The maximum absolute atomic E-state index is 6.89. The van der Waals surface area contributed by atoms with E-state index < -0.39 is 9.75 Å².